The van der Waals surface area contributed by atoms with Gasteiger partial charge in [-0.05, 0) is 94.1 Å². The molecule has 7 fully saturated rings. The van der Waals surface area contributed by atoms with Crippen LogP contribution in [0.1, 0.15) is 71.1 Å². The van der Waals surface area contributed by atoms with Gasteiger partial charge in [-0.3, -0.25) is 14.9 Å². The number of aliphatic hydroxyl groups is 5. The van der Waals surface area contributed by atoms with Crippen LogP contribution in [0.4, 0.5) is 0 Å². The number of nitrogens with one attached hydrogen (secondary N) is 2. The molecule has 13 heteroatoms. The van der Waals surface area contributed by atoms with Gasteiger partial charge in [0.05, 0.1) is 36.6 Å². The third-order valence-electron chi connectivity index (χ3n) is 14.2. The number of carbonyl (C=O) groups excluding carboxylic acids is 2. The minimum Gasteiger partial charge on any atom is -0.511 e. The molecule has 0 aromatic carbocycles. The van der Waals surface area contributed by atoms with Crippen LogP contribution in [0.2, 0.25) is 0 Å². The van der Waals surface area contributed by atoms with Crippen LogP contribution in [0.25, 0.3) is 0 Å². The number of piperidine rings is 1. The SMILES string of the molecule is CC1=C[C@H]2C(=O)C3CCCC4O[C@@H]5O[C@H](CO)[C@@H](O)[C@](O)(C[C@]67CCC[C@H]6CCC6CNC(CC67)NCSSC[C@@]2(C(=O)C43)C(O)=C1)[C@H]5O. The maximum atomic E-state index is 14.9. The van der Waals surface area contributed by atoms with Gasteiger partial charge in [-0.25, -0.2) is 0 Å². The number of rotatable bonds is 1. The van der Waals surface area contributed by atoms with Gasteiger partial charge in [0.25, 0.3) is 0 Å². The molecule has 0 amide bonds. The molecule has 11 nitrogen and oxygen atoms in total. The third kappa shape index (κ3) is 5.38. The van der Waals surface area contributed by atoms with Gasteiger partial charge >= 0.3 is 0 Å². The molecule has 2 spiro atoms. The smallest absolute Gasteiger partial charge is 0.187 e. The third-order valence-corrected chi connectivity index (χ3v) is 16.4. The molecule has 0 aromatic rings. The Morgan fingerprint density at radius 2 is 1.86 bits per heavy atom. The fourth-order valence-corrected chi connectivity index (χ4v) is 14.2. The lowest BCUT2D eigenvalue weighted by Gasteiger charge is -2.59. The van der Waals surface area contributed by atoms with Gasteiger partial charge in [0.2, 0.25) is 0 Å². The number of aliphatic hydroxyl groups excluding tert-OH is 4. The molecule has 15 atom stereocenters. The van der Waals surface area contributed by atoms with Crippen molar-refractivity contribution in [1.82, 2.24) is 10.6 Å². The molecule has 3 aliphatic heterocycles. The topological polar surface area (TPSA) is 178 Å². The molecule has 3 heterocycles. The van der Waals surface area contributed by atoms with Gasteiger partial charge in [-0.2, -0.15) is 0 Å². The number of ether oxygens (including phenoxy) is 2. The molecule has 7 N–H and O–H groups in total. The minimum absolute atomic E-state index is 0.0195. The first-order valence-electron chi connectivity index (χ1n) is 18.4. The van der Waals surface area contributed by atoms with Crippen molar-refractivity contribution in [3.05, 3.63) is 23.5 Å². The summed E-state index contributed by atoms with van der Waals surface area (Å²) in [5.74, 6) is -0.890. The van der Waals surface area contributed by atoms with Crippen molar-refractivity contribution in [2.75, 3.05) is 24.8 Å². The van der Waals surface area contributed by atoms with Gasteiger partial charge in [0, 0.05) is 11.7 Å². The fourth-order valence-electron chi connectivity index (χ4n) is 11.8. The van der Waals surface area contributed by atoms with E-state index in [4.69, 9.17) is 9.47 Å². The second-order valence-corrected chi connectivity index (χ2v) is 18.8. The predicted molar refractivity (Wildman–Crippen MR) is 184 cm³/mol. The zero-order chi connectivity index (χ0) is 34.3. The molecule has 49 heavy (non-hydrogen) atoms. The summed E-state index contributed by atoms with van der Waals surface area (Å²) in [4.78, 5) is 29.2. The van der Waals surface area contributed by atoms with Gasteiger partial charge in [-0.15, -0.1) is 0 Å². The number of carbonyl (C=O) groups is 2. The Morgan fingerprint density at radius 3 is 2.67 bits per heavy atom. The zero-order valence-corrected chi connectivity index (χ0v) is 29.8. The zero-order valence-electron chi connectivity index (χ0n) is 28.2. The quantitative estimate of drug-likeness (QED) is 0.197. The molecule has 0 radical (unpaired) electrons. The predicted octanol–water partition coefficient (Wildman–Crippen LogP) is 2.58. The van der Waals surface area contributed by atoms with Gasteiger partial charge in [0.15, 0.2) is 12.1 Å². The first-order chi connectivity index (χ1) is 23.5. The highest BCUT2D eigenvalue weighted by atomic mass is 33.1. The molecule has 0 aromatic heterocycles. The summed E-state index contributed by atoms with van der Waals surface area (Å²) in [5, 5.41) is 65.7. The Hall–Kier alpha value is -1.00. The van der Waals surface area contributed by atoms with E-state index in [1.165, 1.54) is 10.8 Å². The second kappa shape index (κ2) is 13.1. The van der Waals surface area contributed by atoms with Crippen LogP contribution in [0, 0.1) is 46.3 Å². The molecular formula is C36H52N2O9S2. The van der Waals surface area contributed by atoms with E-state index in [0.29, 0.717) is 37.0 Å². The van der Waals surface area contributed by atoms with Crippen LogP contribution < -0.4 is 10.6 Å². The number of hydrogen-bond donors (Lipinski definition) is 7. The number of Topliss-reactive ketones (excluding diaryl/α,β-unsaturated/α-hetero) is 2. The van der Waals surface area contributed by atoms with Crippen LogP contribution in [-0.4, -0.2) is 104 Å². The molecule has 4 saturated carbocycles. The Labute approximate surface area is 295 Å². The van der Waals surface area contributed by atoms with Crippen LogP contribution in [0.15, 0.2) is 23.5 Å². The summed E-state index contributed by atoms with van der Waals surface area (Å²) < 4.78 is 12.6. The average Bonchev–Trinajstić information content (AvgIpc) is 3.51. The largest absolute Gasteiger partial charge is 0.511 e. The lowest BCUT2D eigenvalue weighted by molar-refractivity contribution is -0.351. The van der Waals surface area contributed by atoms with Crippen molar-refractivity contribution in [1.29, 1.82) is 0 Å². The van der Waals surface area contributed by atoms with Crippen molar-refractivity contribution in [3.63, 3.8) is 0 Å². The monoisotopic (exact) mass is 720 g/mol. The highest BCUT2D eigenvalue weighted by Gasteiger charge is 2.66. The van der Waals surface area contributed by atoms with Crippen molar-refractivity contribution >= 4 is 33.2 Å². The molecule has 272 valence electrons. The highest BCUT2D eigenvalue weighted by Crippen LogP contribution is 2.63. The van der Waals surface area contributed by atoms with Crippen molar-refractivity contribution in [2.24, 2.45) is 46.3 Å². The normalized spacial score (nSPS) is 51.8. The standard InChI is InChI=1S/C36H52N2O9S2/c1-18-10-23-29(41)21-5-2-6-24-28(21)31(43)35(23,26(40)11-18)16-48-49-17-38-27-12-22-19(13-37-27)7-8-20-4-3-9-34(20,22)15-36(45)30(42)25(14-39)47-33(46-24)32(36)44/h10-11,19-25,27-28,30,32-33,37-40,42,44-45H,2-9,12-17H2,1H3/t19?,20-,21?,22?,23-,24?,25+,27?,28?,30+,32-,33+,34+,35-,36+/m0/s1. The minimum atomic E-state index is -2.04. The Kier molecular flexibility index (Phi) is 9.40. The first-order valence-corrected chi connectivity index (χ1v) is 20.9. The van der Waals surface area contributed by atoms with E-state index >= 15 is 0 Å². The summed E-state index contributed by atoms with van der Waals surface area (Å²) in [7, 11) is 3.07. The van der Waals surface area contributed by atoms with Gasteiger partial charge in [-0.1, -0.05) is 46.1 Å². The van der Waals surface area contributed by atoms with E-state index in [2.05, 4.69) is 10.6 Å². The summed E-state index contributed by atoms with van der Waals surface area (Å²) in [6.45, 7) is 2.07. The molecule has 8 aliphatic rings. The fraction of sp³-hybridized carbons (Fsp3) is 0.833. The maximum absolute atomic E-state index is 14.9. The van der Waals surface area contributed by atoms with Crippen molar-refractivity contribution in [2.45, 2.75) is 114 Å². The number of allylic oxidation sites excluding steroid dienone is 4. The van der Waals surface area contributed by atoms with E-state index in [0.717, 1.165) is 50.6 Å². The van der Waals surface area contributed by atoms with Gasteiger partial charge < -0.3 is 40.3 Å². The van der Waals surface area contributed by atoms with Crippen LogP contribution in [-0.2, 0) is 19.1 Å². The number of ketones is 2. The Balaban J connectivity index is 1.20. The van der Waals surface area contributed by atoms with E-state index in [9.17, 15) is 35.1 Å². The molecule has 8 rings (SSSR count). The van der Waals surface area contributed by atoms with E-state index in [-0.39, 0.29) is 47.0 Å². The van der Waals surface area contributed by atoms with Crippen LogP contribution >= 0.6 is 21.6 Å². The van der Waals surface area contributed by atoms with Crippen LogP contribution in [0.3, 0.4) is 0 Å². The highest BCUT2D eigenvalue weighted by molar-refractivity contribution is 8.76. The van der Waals surface area contributed by atoms with E-state index in [1.54, 1.807) is 16.9 Å². The molecule has 6 bridgehead atoms. The van der Waals surface area contributed by atoms with Crippen molar-refractivity contribution < 1.29 is 44.6 Å². The summed E-state index contributed by atoms with van der Waals surface area (Å²) in [6, 6.07) is 0. The second-order valence-electron chi connectivity index (χ2n) is 16.4. The summed E-state index contributed by atoms with van der Waals surface area (Å²) >= 11 is 0. The number of hydrogen-bond acceptors (Lipinski definition) is 13. The van der Waals surface area contributed by atoms with Crippen molar-refractivity contribution in [3.8, 4) is 0 Å². The summed E-state index contributed by atoms with van der Waals surface area (Å²) in [6.07, 6.45) is 4.40. The lowest BCUT2D eigenvalue weighted by Crippen LogP contribution is -2.70. The first kappa shape index (κ1) is 35.1. The number of fused-ring (bicyclic) bond motifs is 3. The molecule has 6 unspecified atom stereocenters. The van der Waals surface area contributed by atoms with Crippen LogP contribution in [0.5, 0.6) is 0 Å². The lowest BCUT2D eigenvalue weighted by atomic mass is 9.51. The Bertz CT molecular complexity index is 1400. The maximum Gasteiger partial charge on any atom is 0.187 e. The van der Waals surface area contributed by atoms with E-state index < -0.39 is 66.1 Å². The average molecular weight is 721 g/mol. The van der Waals surface area contributed by atoms with E-state index in [1.807, 2.05) is 13.0 Å². The van der Waals surface area contributed by atoms with Gasteiger partial charge in [0.1, 0.15) is 40.9 Å². The Morgan fingerprint density at radius 1 is 1.02 bits per heavy atom. The molecule has 3 saturated heterocycles. The summed E-state index contributed by atoms with van der Waals surface area (Å²) in [5.41, 5.74) is -3.05. The molecular weight excluding hydrogens is 669 g/mol. The molecule has 5 aliphatic carbocycles.